The summed E-state index contributed by atoms with van der Waals surface area (Å²) in [7, 11) is -9.20. The maximum absolute atomic E-state index is 12.6. The van der Waals surface area contributed by atoms with E-state index < -0.39 is 23.5 Å². The summed E-state index contributed by atoms with van der Waals surface area (Å²) in [6.07, 6.45) is 0. The first-order valence-electron chi connectivity index (χ1n) is 11.9. The Balaban J connectivity index is 5.29. The standard InChI is InChI=1S/C19H45NO12P3/c1-8-24-33(21,25-9-2)30-17-14-20(7,15-18-31-34(22,26-10-3)27-11-4)16-19-32-35(23,28-12-5)29-13-6/h8-19H2,1-7H3/q+1. The third kappa shape index (κ3) is 15.3. The van der Waals surface area contributed by atoms with Crippen molar-refractivity contribution in [1.82, 2.24) is 0 Å². The van der Waals surface area contributed by atoms with Crippen LogP contribution < -0.4 is 0 Å². The molecule has 0 saturated heterocycles. The number of quaternary nitrogens is 1. The average Bonchev–Trinajstić information content (AvgIpc) is 2.74. The second-order valence-electron chi connectivity index (χ2n) is 7.14. The van der Waals surface area contributed by atoms with Crippen LogP contribution in [0.15, 0.2) is 0 Å². The molecule has 0 spiro atoms. The van der Waals surface area contributed by atoms with Gasteiger partial charge in [-0.2, -0.15) is 0 Å². The van der Waals surface area contributed by atoms with Gasteiger partial charge in [0.25, 0.3) is 0 Å². The van der Waals surface area contributed by atoms with Crippen LogP contribution in [0, 0.1) is 0 Å². The topological polar surface area (TPSA) is 134 Å². The smallest absolute Gasteiger partial charge is 0.320 e. The first-order chi connectivity index (χ1) is 16.5. The summed E-state index contributed by atoms with van der Waals surface area (Å²) in [5, 5.41) is 0. The van der Waals surface area contributed by atoms with Crippen LogP contribution in [-0.2, 0) is 54.4 Å². The Morgan fingerprint density at radius 2 is 0.629 bits per heavy atom. The molecule has 0 atom stereocenters. The van der Waals surface area contributed by atoms with Crippen LogP contribution in [0.1, 0.15) is 41.5 Å². The maximum Gasteiger partial charge on any atom is 0.474 e. The third-order valence-corrected chi connectivity index (χ3v) is 9.31. The predicted molar refractivity (Wildman–Crippen MR) is 131 cm³/mol. The van der Waals surface area contributed by atoms with Gasteiger partial charge in [-0.25, -0.2) is 13.7 Å². The van der Waals surface area contributed by atoms with Crippen LogP contribution in [0.4, 0.5) is 0 Å². The Morgan fingerprint density at radius 3 is 0.800 bits per heavy atom. The van der Waals surface area contributed by atoms with Gasteiger partial charge < -0.3 is 4.48 Å². The van der Waals surface area contributed by atoms with E-state index in [-0.39, 0.29) is 63.9 Å². The summed E-state index contributed by atoms with van der Waals surface area (Å²) in [5.41, 5.74) is 0. The molecule has 0 unspecified atom stereocenters. The summed E-state index contributed by atoms with van der Waals surface area (Å²) < 4.78 is 85.4. The summed E-state index contributed by atoms with van der Waals surface area (Å²) in [6, 6.07) is 0. The van der Waals surface area contributed by atoms with Gasteiger partial charge in [0, 0.05) is 0 Å². The van der Waals surface area contributed by atoms with Crippen molar-refractivity contribution in [1.29, 1.82) is 0 Å². The van der Waals surface area contributed by atoms with E-state index in [1.807, 2.05) is 7.05 Å². The van der Waals surface area contributed by atoms with Crippen LogP contribution in [0.3, 0.4) is 0 Å². The Morgan fingerprint density at radius 1 is 0.429 bits per heavy atom. The second kappa shape index (κ2) is 18.5. The molecule has 0 amide bonds. The monoisotopic (exact) mass is 572 g/mol. The zero-order valence-corrected chi connectivity index (χ0v) is 24.9. The number of rotatable bonds is 24. The van der Waals surface area contributed by atoms with Gasteiger partial charge in [0.1, 0.15) is 39.5 Å². The van der Waals surface area contributed by atoms with Crippen molar-refractivity contribution >= 4 is 23.5 Å². The molecule has 0 heterocycles. The van der Waals surface area contributed by atoms with E-state index in [0.717, 1.165) is 0 Å². The highest BCUT2D eigenvalue weighted by Gasteiger charge is 2.32. The van der Waals surface area contributed by atoms with Crippen molar-refractivity contribution < 1.29 is 58.9 Å². The molecule has 0 saturated carbocycles. The molecule has 16 heteroatoms. The minimum absolute atomic E-state index is 0.0247. The second-order valence-corrected chi connectivity index (χ2v) is 12.1. The van der Waals surface area contributed by atoms with Gasteiger partial charge in [-0.3, -0.25) is 40.7 Å². The zero-order valence-electron chi connectivity index (χ0n) is 22.2. The normalized spacial score (nSPS) is 13.5. The number of likely N-dealkylation sites (N-methyl/N-ethyl adjacent to an activating group) is 1. The molecule has 0 aliphatic heterocycles. The molecule has 0 radical (unpaired) electrons. The Labute approximate surface area is 210 Å². The summed E-state index contributed by atoms with van der Waals surface area (Å²) in [6.45, 7) is 12.2. The van der Waals surface area contributed by atoms with Crippen molar-refractivity contribution in [3.63, 3.8) is 0 Å². The fourth-order valence-corrected chi connectivity index (χ4v) is 6.22. The van der Waals surface area contributed by atoms with E-state index >= 15 is 0 Å². The third-order valence-electron chi connectivity index (χ3n) is 4.36. The summed E-state index contributed by atoms with van der Waals surface area (Å²) >= 11 is 0. The maximum atomic E-state index is 12.6. The molecule has 0 bridgehead atoms. The van der Waals surface area contributed by atoms with Crippen LogP contribution in [0.5, 0.6) is 0 Å². The van der Waals surface area contributed by atoms with Crippen molar-refractivity contribution in [3.05, 3.63) is 0 Å². The molecule has 212 valence electrons. The van der Waals surface area contributed by atoms with Crippen molar-refractivity contribution in [2.45, 2.75) is 41.5 Å². The van der Waals surface area contributed by atoms with E-state index in [4.69, 9.17) is 40.7 Å². The molecule has 0 rings (SSSR count). The molecule has 0 N–H and O–H groups in total. The lowest BCUT2D eigenvalue weighted by atomic mass is 10.4. The van der Waals surface area contributed by atoms with Gasteiger partial charge in [0.15, 0.2) is 0 Å². The van der Waals surface area contributed by atoms with Crippen LogP contribution in [-0.4, -0.2) is 90.6 Å². The lowest BCUT2D eigenvalue weighted by molar-refractivity contribution is -0.909. The highest BCUT2D eigenvalue weighted by molar-refractivity contribution is 7.49. The molecular formula is C19H45NO12P3+. The van der Waals surface area contributed by atoms with E-state index in [0.29, 0.717) is 19.6 Å². The minimum atomic E-state index is -3.69. The molecule has 0 aliphatic rings. The lowest BCUT2D eigenvalue weighted by Gasteiger charge is -2.35. The Bertz CT molecular complexity index is 578. The van der Waals surface area contributed by atoms with Crippen molar-refractivity contribution in [2.75, 3.05) is 86.1 Å². The van der Waals surface area contributed by atoms with Crippen LogP contribution >= 0.6 is 23.5 Å². The van der Waals surface area contributed by atoms with E-state index in [2.05, 4.69) is 0 Å². The van der Waals surface area contributed by atoms with Gasteiger partial charge in [-0.15, -0.1) is 0 Å². The fourth-order valence-electron chi connectivity index (χ4n) is 2.74. The molecule has 0 aromatic rings. The first kappa shape index (κ1) is 35.3. The largest absolute Gasteiger partial charge is 0.474 e. The van der Waals surface area contributed by atoms with Crippen LogP contribution in [0.2, 0.25) is 0 Å². The van der Waals surface area contributed by atoms with Gasteiger partial charge in [0.05, 0.1) is 46.7 Å². The number of phosphoric acid groups is 3. The van der Waals surface area contributed by atoms with Gasteiger partial charge in [0.2, 0.25) is 0 Å². The zero-order chi connectivity index (χ0) is 26.8. The highest BCUT2D eigenvalue weighted by Crippen LogP contribution is 2.51. The van der Waals surface area contributed by atoms with E-state index in [1.165, 1.54) is 0 Å². The Kier molecular flexibility index (Phi) is 18.7. The van der Waals surface area contributed by atoms with Crippen LogP contribution in [0.25, 0.3) is 0 Å². The molecule has 0 aliphatic carbocycles. The van der Waals surface area contributed by atoms with Gasteiger partial charge in [-0.05, 0) is 41.5 Å². The van der Waals surface area contributed by atoms with Crippen molar-refractivity contribution in [2.24, 2.45) is 0 Å². The number of hydrogen-bond donors (Lipinski definition) is 0. The Hall–Kier alpha value is 0.290. The molecule has 0 aromatic carbocycles. The fraction of sp³-hybridized carbons (Fsp3) is 1.00. The summed E-state index contributed by atoms with van der Waals surface area (Å²) in [4.78, 5) is 0. The quantitative estimate of drug-likeness (QED) is 0.113. The minimum Gasteiger partial charge on any atom is -0.320 e. The van der Waals surface area contributed by atoms with E-state index in [9.17, 15) is 13.7 Å². The number of phosphoric ester groups is 3. The number of hydrogen-bond acceptors (Lipinski definition) is 12. The predicted octanol–water partition coefficient (Wildman–Crippen LogP) is 5.03. The molecular weight excluding hydrogens is 527 g/mol. The lowest BCUT2D eigenvalue weighted by Crippen LogP contribution is -2.50. The molecule has 35 heavy (non-hydrogen) atoms. The van der Waals surface area contributed by atoms with Gasteiger partial charge in [-0.1, -0.05) is 0 Å². The number of nitrogens with zero attached hydrogens (tertiary/aromatic N) is 1. The highest BCUT2D eigenvalue weighted by atomic mass is 31.2. The average molecular weight is 572 g/mol. The first-order valence-corrected chi connectivity index (χ1v) is 16.3. The molecule has 0 fully saturated rings. The SMILES string of the molecule is CCOP(=O)(OCC)OCC[N+](C)(CCOP(=O)(OCC)OCC)CCOP(=O)(OCC)OCC. The van der Waals surface area contributed by atoms with Crippen molar-refractivity contribution in [3.8, 4) is 0 Å². The van der Waals surface area contributed by atoms with E-state index in [1.54, 1.807) is 41.5 Å². The molecule has 0 aromatic heterocycles. The van der Waals surface area contributed by atoms with Gasteiger partial charge >= 0.3 is 23.5 Å². The molecule has 13 nitrogen and oxygen atoms in total. The summed E-state index contributed by atoms with van der Waals surface area (Å²) in [5.74, 6) is 0.